The Balaban J connectivity index is 1.98. The summed E-state index contributed by atoms with van der Waals surface area (Å²) in [7, 11) is 0. The summed E-state index contributed by atoms with van der Waals surface area (Å²) in [5, 5.41) is 0. The summed E-state index contributed by atoms with van der Waals surface area (Å²) in [6, 6.07) is 4.02. The van der Waals surface area contributed by atoms with Crippen LogP contribution in [0.3, 0.4) is 0 Å². The number of carbonyl (C=O) groups excluding carboxylic acids is 1. The van der Waals surface area contributed by atoms with Crippen LogP contribution in [-0.4, -0.2) is 38.8 Å². The van der Waals surface area contributed by atoms with Crippen LogP contribution in [0.5, 0.6) is 0 Å². The quantitative estimate of drug-likeness (QED) is 0.718. The van der Waals surface area contributed by atoms with Crippen molar-refractivity contribution in [1.82, 2.24) is 19.9 Å². The number of pyridine rings is 1. The van der Waals surface area contributed by atoms with Crippen molar-refractivity contribution in [3.8, 4) is 11.1 Å². The van der Waals surface area contributed by atoms with E-state index in [2.05, 4.69) is 49.5 Å². The first-order valence-electron chi connectivity index (χ1n) is 10.9. The lowest BCUT2D eigenvalue weighted by Gasteiger charge is -2.35. The van der Waals surface area contributed by atoms with E-state index in [-0.39, 0.29) is 17.3 Å². The molecule has 1 saturated heterocycles. The first kappa shape index (κ1) is 21.4. The summed E-state index contributed by atoms with van der Waals surface area (Å²) < 4.78 is 0. The molecule has 0 radical (unpaired) electrons. The van der Waals surface area contributed by atoms with Crippen molar-refractivity contribution < 1.29 is 4.79 Å². The fourth-order valence-corrected chi connectivity index (χ4v) is 4.12. The summed E-state index contributed by atoms with van der Waals surface area (Å²) in [6.07, 6.45) is 9.44. The molecule has 0 aliphatic carbocycles. The Morgan fingerprint density at radius 1 is 1.21 bits per heavy atom. The average Bonchev–Trinajstić information content (AvgIpc) is 2.74. The number of aromatic nitrogens is 3. The third-order valence-electron chi connectivity index (χ3n) is 5.93. The van der Waals surface area contributed by atoms with Gasteiger partial charge in [-0.05, 0) is 43.4 Å². The number of hydrogen-bond donors (Lipinski definition) is 0. The van der Waals surface area contributed by atoms with E-state index in [4.69, 9.17) is 4.98 Å². The van der Waals surface area contributed by atoms with E-state index >= 15 is 0 Å². The monoisotopic (exact) mass is 394 g/mol. The van der Waals surface area contributed by atoms with Crippen LogP contribution in [0.4, 0.5) is 0 Å². The molecule has 29 heavy (non-hydrogen) atoms. The van der Waals surface area contributed by atoms with E-state index in [9.17, 15) is 4.79 Å². The van der Waals surface area contributed by atoms with Crippen molar-refractivity contribution in [1.29, 1.82) is 0 Å². The summed E-state index contributed by atoms with van der Waals surface area (Å²) in [4.78, 5) is 29.0. The summed E-state index contributed by atoms with van der Waals surface area (Å²) in [5.41, 5.74) is 3.09. The summed E-state index contributed by atoms with van der Waals surface area (Å²) in [5.74, 6) is 1.52. The van der Waals surface area contributed by atoms with Gasteiger partial charge in [0.25, 0.3) is 0 Å². The zero-order valence-electron chi connectivity index (χ0n) is 18.5. The van der Waals surface area contributed by atoms with Crippen LogP contribution in [0, 0.1) is 5.92 Å². The Morgan fingerprint density at radius 2 is 1.90 bits per heavy atom. The van der Waals surface area contributed by atoms with Crippen LogP contribution >= 0.6 is 0 Å². The molecule has 1 aliphatic heterocycles. The molecule has 1 atom stereocenters. The lowest BCUT2D eigenvalue weighted by atomic mass is 9.88. The number of hydrogen-bond acceptors (Lipinski definition) is 4. The van der Waals surface area contributed by atoms with Gasteiger partial charge in [0.05, 0.1) is 5.69 Å². The van der Waals surface area contributed by atoms with Gasteiger partial charge >= 0.3 is 0 Å². The molecule has 3 rings (SSSR count). The molecular weight excluding hydrogens is 360 g/mol. The van der Waals surface area contributed by atoms with Crippen LogP contribution in [0.25, 0.3) is 11.1 Å². The van der Waals surface area contributed by atoms with E-state index in [1.807, 2.05) is 18.3 Å². The predicted molar refractivity (Wildman–Crippen MR) is 117 cm³/mol. The van der Waals surface area contributed by atoms with Crippen molar-refractivity contribution in [2.75, 3.05) is 13.1 Å². The lowest BCUT2D eigenvalue weighted by molar-refractivity contribution is -0.137. The van der Waals surface area contributed by atoms with Gasteiger partial charge in [0.1, 0.15) is 5.82 Å². The normalized spacial score (nSPS) is 17.6. The van der Waals surface area contributed by atoms with Gasteiger partial charge in [-0.3, -0.25) is 9.78 Å². The van der Waals surface area contributed by atoms with Gasteiger partial charge in [0.15, 0.2) is 0 Å². The fraction of sp³-hybridized carbons (Fsp3) is 0.583. The highest BCUT2D eigenvalue weighted by atomic mass is 16.2. The topological polar surface area (TPSA) is 59.0 Å². The molecule has 5 nitrogen and oxygen atoms in total. The molecule has 5 heteroatoms. The number of likely N-dealkylation sites (tertiary alicyclic amines) is 1. The van der Waals surface area contributed by atoms with Crippen LogP contribution < -0.4 is 0 Å². The highest BCUT2D eigenvalue weighted by Gasteiger charge is 2.31. The van der Waals surface area contributed by atoms with Crippen molar-refractivity contribution >= 4 is 5.91 Å². The Labute approximate surface area is 175 Å². The number of carbonyl (C=O) groups is 1. The average molecular weight is 395 g/mol. The first-order valence-corrected chi connectivity index (χ1v) is 10.9. The molecule has 1 fully saturated rings. The third kappa shape index (κ3) is 4.82. The molecule has 2 aromatic heterocycles. The largest absolute Gasteiger partial charge is 0.342 e. The Kier molecular flexibility index (Phi) is 6.66. The van der Waals surface area contributed by atoms with Gasteiger partial charge in [0.2, 0.25) is 5.91 Å². The minimum absolute atomic E-state index is 0.120. The predicted octanol–water partition coefficient (Wildman–Crippen LogP) is 4.98. The van der Waals surface area contributed by atoms with Crippen molar-refractivity contribution in [2.24, 2.45) is 5.92 Å². The molecule has 0 aromatic carbocycles. The molecule has 2 aromatic rings. The molecule has 0 spiro atoms. The van der Waals surface area contributed by atoms with Gasteiger partial charge < -0.3 is 4.90 Å². The van der Waals surface area contributed by atoms with Gasteiger partial charge in [-0.25, -0.2) is 9.97 Å². The molecule has 1 amide bonds. The number of rotatable bonds is 5. The standard InChI is InChI=1S/C24H34N4O/c1-6-17(7-2)22(29)28-14-8-9-19(16-28)21-20(18-10-12-25-13-11-18)15-26-23(27-21)24(3,4)5/h10-13,15,17,19H,6-9,14,16H2,1-5H3. The van der Waals surface area contributed by atoms with E-state index in [1.54, 1.807) is 12.4 Å². The Bertz CT molecular complexity index is 825. The second-order valence-corrected chi connectivity index (χ2v) is 9.12. The van der Waals surface area contributed by atoms with Gasteiger partial charge in [-0.2, -0.15) is 0 Å². The summed E-state index contributed by atoms with van der Waals surface area (Å²) >= 11 is 0. The van der Waals surface area contributed by atoms with E-state index in [0.717, 1.165) is 61.4 Å². The molecule has 1 aliphatic rings. The SMILES string of the molecule is CCC(CC)C(=O)N1CCCC(c2nc(C(C)(C)C)ncc2-c2ccncc2)C1. The lowest BCUT2D eigenvalue weighted by Crippen LogP contribution is -2.42. The molecule has 0 N–H and O–H groups in total. The van der Waals surface area contributed by atoms with Crippen molar-refractivity contribution in [3.05, 3.63) is 42.2 Å². The van der Waals surface area contributed by atoms with Gasteiger partial charge in [0, 0.05) is 54.5 Å². The van der Waals surface area contributed by atoms with Crippen LogP contribution in [-0.2, 0) is 10.2 Å². The second-order valence-electron chi connectivity index (χ2n) is 9.12. The Hall–Kier alpha value is -2.30. The molecule has 0 bridgehead atoms. The maximum atomic E-state index is 13.0. The van der Waals surface area contributed by atoms with Crippen molar-refractivity contribution in [2.45, 2.75) is 71.6 Å². The summed E-state index contributed by atoms with van der Waals surface area (Å²) in [6.45, 7) is 12.2. The van der Waals surface area contributed by atoms with E-state index in [1.165, 1.54) is 0 Å². The van der Waals surface area contributed by atoms with Gasteiger partial charge in [-0.1, -0.05) is 34.6 Å². The van der Waals surface area contributed by atoms with Crippen LogP contribution in [0.1, 0.15) is 77.7 Å². The zero-order chi connectivity index (χ0) is 21.0. The first-order chi connectivity index (χ1) is 13.8. The van der Waals surface area contributed by atoms with E-state index < -0.39 is 0 Å². The van der Waals surface area contributed by atoms with Crippen LogP contribution in [0.2, 0.25) is 0 Å². The highest BCUT2D eigenvalue weighted by Crippen LogP contribution is 2.34. The van der Waals surface area contributed by atoms with E-state index in [0.29, 0.717) is 5.91 Å². The number of nitrogens with zero attached hydrogens (tertiary/aromatic N) is 4. The highest BCUT2D eigenvalue weighted by molar-refractivity contribution is 5.79. The molecular formula is C24H34N4O. The number of amides is 1. The smallest absolute Gasteiger partial charge is 0.225 e. The third-order valence-corrected chi connectivity index (χ3v) is 5.93. The fourth-order valence-electron chi connectivity index (χ4n) is 4.12. The minimum atomic E-state index is -0.120. The van der Waals surface area contributed by atoms with Crippen LogP contribution in [0.15, 0.2) is 30.7 Å². The molecule has 0 saturated carbocycles. The van der Waals surface area contributed by atoms with Gasteiger partial charge in [-0.15, -0.1) is 0 Å². The minimum Gasteiger partial charge on any atom is -0.342 e. The molecule has 156 valence electrons. The van der Waals surface area contributed by atoms with Crippen molar-refractivity contribution in [3.63, 3.8) is 0 Å². The maximum Gasteiger partial charge on any atom is 0.225 e. The molecule has 1 unspecified atom stereocenters. The maximum absolute atomic E-state index is 13.0. The second kappa shape index (κ2) is 9.02. The zero-order valence-corrected chi connectivity index (χ0v) is 18.5. The number of piperidine rings is 1. The molecule has 3 heterocycles. The Morgan fingerprint density at radius 3 is 2.52 bits per heavy atom.